The fourth-order valence-corrected chi connectivity index (χ4v) is 3.49. The Morgan fingerprint density at radius 1 is 1.30 bits per heavy atom. The molecule has 0 atom stereocenters. The van der Waals surface area contributed by atoms with Gasteiger partial charge >= 0.3 is 0 Å². The molecule has 20 heavy (non-hydrogen) atoms. The highest BCUT2D eigenvalue weighted by molar-refractivity contribution is 7.71. The van der Waals surface area contributed by atoms with Gasteiger partial charge in [-0.1, -0.05) is 23.2 Å². The molecule has 0 saturated heterocycles. The summed E-state index contributed by atoms with van der Waals surface area (Å²) in [5.74, 6) is 0. The van der Waals surface area contributed by atoms with Gasteiger partial charge in [0, 0.05) is 5.02 Å². The number of nitrogens with zero attached hydrogens (tertiary/aromatic N) is 1. The molecular weight excluding hydrogens is 335 g/mol. The van der Waals surface area contributed by atoms with Crippen molar-refractivity contribution < 1.29 is 0 Å². The molecular formula is C13H8Cl2N2OS2. The fourth-order valence-electron chi connectivity index (χ4n) is 1.96. The van der Waals surface area contributed by atoms with Crippen molar-refractivity contribution >= 4 is 57.0 Å². The lowest BCUT2D eigenvalue weighted by molar-refractivity contribution is 0.943. The van der Waals surface area contributed by atoms with Crippen LogP contribution < -0.4 is 5.56 Å². The van der Waals surface area contributed by atoms with Gasteiger partial charge in [0.05, 0.1) is 16.2 Å². The number of nitrogens with one attached hydrogen (secondary N) is 1. The SMILES string of the molecule is Cc1cc(Cl)c(-n2c(=S)[nH]c3ccsc3c2=O)cc1Cl. The number of hydrogen-bond donors (Lipinski definition) is 1. The first-order valence-electron chi connectivity index (χ1n) is 5.67. The summed E-state index contributed by atoms with van der Waals surface area (Å²) in [6, 6.07) is 5.20. The van der Waals surface area contributed by atoms with Crippen molar-refractivity contribution in [2.75, 3.05) is 0 Å². The molecule has 0 amide bonds. The molecule has 1 N–H and O–H groups in total. The van der Waals surface area contributed by atoms with Crippen molar-refractivity contribution in [1.29, 1.82) is 0 Å². The van der Waals surface area contributed by atoms with Gasteiger partial charge in [0.15, 0.2) is 4.77 Å². The van der Waals surface area contributed by atoms with Crippen molar-refractivity contribution in [3.63, 3.8) is 0 Å². The largest absolute Gasteiger partial charge is 0.331 e. The number of benzene rings is 1. The van der Waals surface area contributed by atoms with Crippen molar-refractivity contribution in [3.05, 3.63) is 54.3 Å². The molecule has 0 aliphatic carbocycles. The summed E-state index contributed by atoms with van der Waals surface area (Å²) in [4.78, 5) is 15.6. The molecule has 0 fully saturated rings. The maximum atomic E-state index is 12.5. The molecule has 0 aliphatic heterocycles. The molecule has 0 aliphatic rings. The topological polar surface area (TPSA) is 37.8 Å². The third-order valence-corrected chi connectivity index (χ3v) is 4.87. The molecule has 1 aromatic carbocycles. The molecule has 0 saturated carbocycles. The van der Waals surface area contributed by atoms with Crippen LogP contribution in [0.4, 0.5) is 0 Å². The highest BCUT2D eigenvalue weighted by Crippen LogP contribution is 2.27. The molecule has 7 heteroatoms. The number of rotatable bonds is 1. The van der Waals surface area contributed by atoms with Gasteiger partial charge in [0.2, 0.25) is 0 Å². The van der Waals surface area contributed by atoms with E-state index in [-0.39, 0.29) is 5.56 Å². The van der Waals surface area contributed by atoms with Gasteiger partial charge < -0.3 is 4.98 Å². The van der Waals surface area contributed by atoms with Gasteiger partial charge in [-0.05, 0) is 48.3 Å². The molecule has 2 heterocycles. The minimum atomic E-state index is -0.194. The summed E-state index contributed by atoms with van der Waals surface area (Å²) in [6.07, 6.45) is 0. The second-order valence-electron chi connectivity index (χ2n) is 4.29. The van der Waals surface area contributed by atoms with E-state index in [9.17, 15) is 4.79 Å². The Hall–Kier alpha value is -1.14. The van der Waals surface area contributed by atoms with Gasteiger partial charge in [-0.15, -0.1) is 11.3 Å². The minimum absolute atomic E-state index is 0.194. The normalized spacial score (nSPS) is 11.2. The Bertz CT molecular complexity index is 940. The highest BCUT2D eigenvalue weighted by atomic mass is 35.5. The third-order valence-electron chi connectivity index (χ3n) is 2.98. The molecule has 0 unspecified atom stereocenters. The number of aromatic nitrogens is 2. The number of hydrogen-bond acceptors (Lipinski definition) is 3. The minimum Gasteiger partial charge on any atom is -0.331 e. The molecule has 102 valence electrons. The Labute approximate surface area is 133 Å². The van der Waals surface area contributed by atoms with Crippen LogP contribution in [0.5, 0.6) is 0 Å². The van der Waals surface area contributed by atoms with Gasteiger partial charge in [0.25, 0.3) is 5.56 Å². The van der Waals surface area contributed by atoms with Crippen LogP contribution >= 0.6 is 46.8 Å². The number of H-pyrrole nitrogens is 1. The first-order chi connectivity index (χ1) is 9.49. The van der Waals surface area contributed by atoms with E-state index in [1.165, 1.54) is 15.9 Å². The van der Waals surface area contributed by atoms with Crippen LogP contribution in [-0.2, 0) is 0 Å². The smallest absolute Gasteiger partial charge is 0.276 e. The van der Waals surface area contributed by atoms with E-state index in [0.717, 1.165) is 11.1 Å². The van der Waals surface area contributed by atoms with Gasteiger partial charge in [-0.3, -0.25) is 9.36 Å². The Morgan fingerprint density at radius 3 is 2.80 bits per heavy atom. The zero-order valence-corrected chi connectivity index (χ0v) is 13.4. The third kappa shape index (κ3) is 2.11. The van der Waals surface area contributed by atoms with Crippen LogP contribution in [0.3, 0.4) is 0 Å². The van der Waals surface area contributed by atoms with E-state index in [4.69, 9.17) is 35.4 Å². The molecule has 0 radical (unpaired) electrons. The van der Waals surface area contributed by atoms with E-state index in [0.29, 0.717) is 25.2 Å². The first kappa shape index (κ1) is 13.8. The summed E-state index contributed by atoms with van der Waals surface area (Å²) in [5, 5.41) is 2.81. The average Bonchev–Trinajstić information content (AvgIpc) is 2.83. The fraction of sp³-hybridized carbons (Fsp3) is 0.0769. The van der Waals surface area contributed by atoms with Crippen LogP contribution in [0.2, 0.25) is 10.0 Å². The summed E-state index contributed by atoms with van der Waals surface area (Å²) in [5.41, 5.74) is 1.88. The van der Waals surface area contributed by atoms with E-state index >= 15 is 0 Å². The summed E-state index contributed by atoms with van der Waals surface area (Å²) < 4.78 is 2.27. The van der Waals surface area contributed by atoms with Crippen LogP contribution in [0, 0.1) is 11.7 Å². The van der Waals surface area contributed by atoms with E-state index < -0.39 is 0 Å². The quantitative estimate of drug-likeness (QED) is 0.649. The second-order valence-corrected chi connectivity index (χ2v) is 6.40. The first-order valence-corrected chi connectivity index (χ1v) is 7.72. The van der Waals surface area contributed by atoms with Crippen LogP contribution in [0.25, 0.3) is 15.9 Å². The number of fused-ring (bicyclic) bond motifs is 1. The number of aryl methyl sites for hydroxylation is 1. The van der Waals surface area contributed by atoms with Crippen molar-refractivity contribution in [2.45, 2.75) is 6.92 Å². The average molecular weight is 343 g/mol. The molecule has 0 spiro atoms. The lowest BCUT2D eigenvalue weighted by Gasteiger charge is -2.10. The maximum absolute atomic E-state index is 12.5. The Morgan fingerprint density at radius 2 is 2.05 bits per heavy atom. The van der Waals surface area contributed by atoms with Gasteiger partial charge in [0.1, 0.15) is 4.70 Å². The van der Waals surface area contributed by atoms with Gasteiger partial charge in [-0.2, -0.15) is 0 Å². The zero-order valence-electron chi connectivity index (χ0n) is 10.2. The van der Waals surface area contributed by atoms with Crippen molar-refractivity contribution in [1.82, 2.24) is 9.55 Å². The lowest BCUT2D eigenvalue weighted by atomic mass is 10.2. The molecule has 3 aromatic rings. The van der Waals surface area contributed by atoms with Crippen LogP contribution in [0.15, 0.2) is 28.4 Å². The standard InChI is InChI=1S/C13H8Cl2N2OS2/c1-6-4-8(15)10(5-7(6)14)17-12(18)11-9(2-3-20-11)16-13(17)19/h2-5H,1H3,(H,16,19). The summed E-state index contributed by atoms with van der Waals surface area (Å²) in [7, 11) is 0. The van der Waals surface area contributed by atoms with Crippen molar-refractivity contribution in [3.8, 4) is 5.69 Å². The monoisotopic (exact) mass is 342 g/mol. The number of halogens is 2. The maximum Gasteiger partial charge on any atom is 0.276 e. The molecule has 0 bridgehead atoms. The van der Waals surface area contributed by atoms with E-state index in [1.54, 1.807) is 12.1 Å². The zero-order chi connectivity index (χ0) is 14.4. The Balaban J connectivity index is 2.44. The molecule has 3 nitrogen and oxygen atoms in total. The predicted octanol–water partition coefficient (Wildman–Crippen LogP) is 4.73. The number of thiophene rings is 1. The van der Waals surface area contributed by atoms with E-state index in [2.05, 4.69) is 4.98 Å². The molecule has 3 rings (SSSR count). The summed E-state index contributed by atoms with van der Waals surface area (Å²) >= 11 is 19.0. The van der Waals surface area contributed by atoms with Crippen LogP contribution in [0.1, 0.15) is 5.56 Å². The lowest BCUT2D eigenvalue weighted by Crippen LogP contribution is -2.19. The Kier molecular flexibility index (Phi) is 3.46. The second kappa shape index (κ2) is 5.00. The van der Waals surface area contributed by atoms with Gasteiger partial charge in [-0.25, -0.2) is 0 Å². The predicted molar refractivity (Wildman–Crippen MR) is 87.4 cm³/mol. The number of aromatic amines is 1. The highest BCUT2D eigenvalue weighted by Gasteiger charge is 2.13. The van der Waals surface area contributed by atoms with Crippen LogP contribution in [-0.4, -0.2) is 9.55 Å². The van der Waals surface area contributed by atoms with E-state index in [1.807, 2.05) is 18.4 Å². The molecule has 2 aromatic heterocycles. The summed E-state index contributed by atoms with van der Waals surface area (Å²) in [6.45, 7) is 1.85. The van der Waals surface area contributed by atoms with Crippen molar-refractivity contribution in [2.24, 2.45) is 0 Å².